The molecule has 1 aliphatic heterocycles. The first-order valence-corrected chi connectivity index (χ1v) is 13.8. The summed E-state index contributed by atoms with van der Waals surface area (Å²) in [6.45, 7) is 2.29. The van der Waals surface area contributed by atoms with E-state index in [1.807, 2.05) is 36.4 Å². The van der Waals surface area contributed by atoms with Crippen LogP contribution in [0.3, 0.4) is 0 Å². The van der Waals surface area contributed by atoms with Crippen molar-refractivity contribution in [1.29, 1.82) is 0 Å². The van der Waals surface area contributed by atoms with Crippen LogP contribution in [0.15, 0.2) is 60.7 Å². The quantitative estimate of drug-likeness (QED) is 0.315. The molecule has 3 aromatic rings. The summed E-state index contributed by atoms with van der Waals surface area (Å²) < 4.78 is 41.5. The molecule has 4 rings (SSSR count). The largest absolute Gasteiger partial charge is 0.206 e. The second-order valence-corrected chi connectivity index (χ2v) is 12.0. The first kappa shape index (κ1) is 22.8. The second-order valence-electron chi connectivity index (χ2n) is 9.00. The Bertz CT molecular complexity index is 1040. The summed E-state index contributed by atoms with van der Waals surface area (Å²) in [5, 5.41) is 0. The number of aryl methyl sites for hydroxylation is 1. The highest BCUT2D eigenvalue weighted by Crippen LogP contribution is 2.32. The van der Waals surface area contributed by atoms with Gasteiger partial charge in [0.2, 0.25) is 0 Å². The van der Waals surface area contributed by atoms with Crippen molar-refractivity contribution < 1.29 is 13.2 Å². The normalized spacial score (nSPS) is 15.2. The van der Waals surface area contributed by atoms with Crippen LogP contribution in [0.2, 0.25) is 18.1 Å². The Balaban J connectivity index is 1.38. The van der Waals surface area contributed by atoms with Crippen LogP contribution in [-0.2, 0) is 6.42 Å². The zero-order chi connectivity index (χ0) is 22.5. The molecule has 32 heavy (non-hydrogen) atoms. The number of rotatable bonds is 7. The van der Waals surface area contributed by atoms with E-state index in [9.17, 15) is 13.2 Å². The standard InChI is InChI=1S/C28H30F3Si/c1-2-15-32-16-13-20(14-17-32)3-4-21-5-11-25(27(30)18-21)23-8-6-22(7-9-23)24-10-12-26(29)28(31)19-24/h5-12,18-20H,2-4,13-17H2,1H3. The predicted molar refractivity (Wildman–Crippen MR) is 129 cm³/mol. The molecule has 0 aliphatic carbocycles. The third kappa shape index (κ3) is 5.53. The number of hydrogen-bond donors (Lipinski definition) is 0. The fraction of sp³-hybridized carbons (Fsp3) is 0.357. The lowest BCUT2D eigenvalue weighted by molar-refractivity contribution is 0.437. The SMILES string of the molecule is CCC[Si]1CCC(CCc2ccc(-c3ccc(-c4ccc(F)c(F)c4)cc3)c(F)c2)CC1. The van der Waals surface area contributed by atoms with Crippen molar-refractivity contribution in [2.75, 3.05) is 0 Å². The zero-order valence-electron chi connectivity index (χ0n) is 18.6. The van der Waals surface area contributed by atoms with Gasteiger partial charge in [-0.15, -0.1) is 0 Å². The molecule has 1 aliphatic rings. The van der Waals surface area contributed by atoms with Gasteiger partial charge in [-0.3, -0.25) is 0 Å². The molecule has 0 bridgehead atoms. The molecule has 0 spiro atoms. The van der Waals surface area contributed by atoms with Crippen molar-refractivity contribution in [2.45, 2.75) is 57.2 Å². The topological polar surface area (TPSA) is 0 Å². The molecule has 1 fully saturated rings. The lowest BCUT2D eigenvalue weighted by atomic mass is 9.93. The summed E-state index contributed by atoms with van der Waals surface area (Å²) in [6, 6.07) is 21.1. The Morgan fingerprint density at radius 2 is 1.44 bits per heavy atom. The molecular formula is C28H30F3Si. The highest BCUT2D eigenvalue weighted by atomic mass is 28.3. The summed E-state index contributed by atoms with van der Waals surface area (Å²) in [4.78, 5) is 0. The van der Waals surface area contributed by atoms with Crippen LogP contribution in [-0.4, -0.2) is 8.80 Å². The third-order valence-electron chi connectivity index (χ3n) is 6.74. The maximum atomic E-state index is 14.9. The van der Waals surface area contributed by atoms with Crippen LogP contribution in [0.4, 0.5) is 13.2 Å². The zero-order valence-corrected chi connectivity index (χ0v) is 19.6. The van der Waals surface area contributed by atoms with E-state index in [0.717, 1.165) is 41.5 Å². The van der Waals surface area contributed by atoms with Crippen LogP contribution < -0.4 is 0 Å². The van der Waals surface area contributed by atoms with Gasteiger partial charge in [-0.25, -0.2) is 13.2 Å². The summed E-state index contributed by atoms with van der Waals surface area (Å²) in [5.41, 5.74) is 3.76. The fourth-order valence-corrected chi connectivity index (χ4v) is 7.91. The van der Waals surface area contributed by atoms with E-state index in [2.05, 4.69) is 6.92 Å². The highest BCUT2D eigenvalue weighted by molar-refractivity contribution is 6.58. The summed E-state index contributed by atoms with van der Waals surface area (Å²) in [7, 11) is -0.0759. The van der Waals surface area contributed by atoms with Crippen LogP contribution in [0.25, 0.3) is 22.3 Å². The maximum absolute atomic E-state index is 14.9. The molecule has 1 saturated heterocycles. The van der Waals surface area contributed by atoms with E-state index < -0.39 is 11.6 Å². The van der Waals surface area contributed by atoms with Crippen molar-refractivity contribution in [3.8, 4) is 22.3 Å². The molecule has 0 aromatic heterocycles. The Labute approximate surface area is 191 Å². The maximum Gasteiger partial charge on any atom is 0.159 e. The Morgan fingerprint density at radius 1 is 0.750 bits per heavy atom. The lowest BCUT2D eigenvalue weighted by Gasteiger charge is -2.27. The van der Waals surface area contributed by atoms with Gasteiger partial charge >= 0.3 is 0 Å². The van der Waals surface area contributed by atoms with Crippen molar-refractivity contribution in [1.82, 2.24) is 0 Å². The Morgan fingerprint density at radius 3 is 2.09 bits per heavy atom. The van der Waals surface area contributed by atoms with Gasteiger partial charge in [-0.2, -0.15) is 0 Å². The van der Waals surface area contributed by atoms with Crippen LogP contribution >= 0.6 is 0 Å². The average molecular weight is 452 g/mol. The smallest absolute Gasteiger partial charge is 0.159 e. The molecule has 3 aromatic carbocycles. The van der Waals surface area contributed by atoms with Gasteiger partial charge in [0.15, 0.2) is 11.6 Å². The van der Waals surface area contributed by atoms with E-state index in [0.29, 0.717) is 11.1 Å². The molecule has 0 amide bonds. The summed E-state index contributed by atoms with van der Waals surface area (Å²) >= 11 is 0. The van der Waals surface area contributed by atoms with Crippen molar-refractivity contribution in [3.63, 3.8) is 0 Å². The van der Waals surface area contributed by atoms with E-state index >= 15 is 0 Å². The van der Waals surface area contributed by atoms with Crippen molar-refractivity contribution in [2.24, 2.45) is 5.92 Å². The van der Waals surface area contributed by atoms with Crippen molar-refractivity contribution >= 4 is 8.80 Å². The van der Waals surface area contributed by atoms with E-state index in [1.54, 1.807) is 12.1 Å². The average Bonchev–Trinajstić information content (AvgIpc) is 2.81. The van der Waals surface area contributed by atoms with Crippen LogP contribution in [0.1, 0.15) is 38.2 Å². The van der Waals surface area contributed by atoms with Gasteiger partial charge in [0.05, 0.1) is 0 Å². The number of halogens is 3. The van der Waals surface area contributed by atoms with Gasteiger partial charge in [-0.05, 0) is 59.2 Å². The van der Waals surface area contributed by atoms with Gasteiger partial charge in [-0.1, -0.05) is 86.8 Å². The monoisotopic (exact) mass is 451 g/mol. The van der Waals surface area contributed by atoms with E-state index in [1.165, 1.54) is 43.5 Å². The number of benzene rings is 3. The van der Waals surface area contributed by atoms with Gasteiger partial charge in [0.25, 0.3) is 0 Å². The van der Waals surface area contributed by atoms with Gasteiger partial charge < -0.3 is 0 Å². The van der Waals surface area contributed by atoms with Gasteiger partial charge in [0, 0.05) is 14.4 Å². The summed E-state index contributed by atoms with van der Waals surface area (Å²) in [5.74, 6) is -1.14. The summed E-state index contributed by atoms with van der Waals surface area (Å²) in [6.07, 6.45) is 6.15. The minimum Gasteiger partial charge on any atom is -0.206 e. The van der Waals surface area contributed by atoms with Crippen LogP contribution in [0.5, 0.6) is 0 Å². The molecule has 1 radical (unpaired) electrons. The molecule has 0 nitrogen and oxygen atoms in total. The fourth-order valence-electron chi connectivity index (χ4n) is 4.82. The highest BCUT2D eigenvalue weighted by Gasteiger charge is 2.21. The Hall–Kier alpha value is -2.33. The van der Waals surface area contributed by atoms with Crippen molar-refractivity contribution in [3.05, 3.63) is 83.7 Å². The molecule has 0 atom stereocenters. The first-order valence-electron chi connectivity index (χ1n) is 11.7. The van der Waals surface area contributed by atoms with Crippen LogP contribution in [0, 0.1) is 23.4 Å². The molecule has 167 valence electrons. The Kier molecular flexibility index (Phi) is 7.51. The first-order chi connectivity index (χ1) is 15.5. The van der Waals surface area contributed by atoms with E-state index in [-0.39, 0.29) is 14.6 Å². The molecule has 0 saturated carbocycles. The molecule has 0 unspecified atom stereocenters. The second kappa shape index (κ2) is 10.5. The third-order valence-corrected chi connectivity index (χ3v) is 9.94. The van der Waals surface area contributed by atoms with Gasteiger partial charge in [0.1, 0.15) is 5.82 Å². The van der Waals surface area contributed by atoms with E-state index in [4.69, 9.17) is 0 Å². The molecule has 4 heteroatoms. The predicted octanol–water partition coefficient (Wildman–Crippen LogP) is 8.69. The molecule has 0 N–H and O–H groups in total. The molecular weight excluding hydrogens is 421 g/mol. The minimum absolute atomic E-state index is 0.0759. The minimum atomic E-state index is -0.872. The molecule has 1 heterocycles. The number of hydrogen-bond acceptors (Lipinski definition) is 0. The lowest BCUT2D eigenvalue weighted by Crippen LogP contribution is -2.21.